The van der Waals surface area contributed by atoms with Gasteiger partial charge in [-0.15, -0.1) is 5.53 Å². The molecule has 13 heteroatoms. The van der Waals surface area contributed by atoms with E-state index in [2.05, 4.69) is 135 Å². The van der Waals surface area contributed by atoms with E-state index in [1.807, 2.05) is 23.3 Å². The second kappa shape index (κ2) is 15.8. The summed E-state index contributed by atoms with van der Waals surface area (Å²) in [5.41, 5.74) is 16.5. The van der Waals surface area contributed by atoms with Gasteiger partial charge in [-0.1, -0.05) is 48.5 Å². The summed E-state index contributed by atoms with van der Waals surface area (Å²) in [6.45, 7) is 13.6. The number of nitrogens with zero attached hydrogens (tertiary/aromatic N) is 5. The molecule has 2 aromatic heterocycles. The van der Waals surface area contributed by atoms with Crippen molar-refractivity contribution in [2.24, 2.45) is 0 Å². The highest BCUT2D eigenvalue weighted by molar-refractivity contribution is 6.01. The summed E-state index contributed by atoms with van der Waals surface area (Å²) in [7, 11) is 0. The van der Waals surface area contributed by atoms with Crippen molar-refractivity contribution in [2.75, 3.05) is 37.6 Å². The molecule has 2 fully saturated rings. The minimum absolute atomic E-state index is 0.167. The number of aryl methyl sites for hydroxylation is 1. The van der Waals surface area contributed by atoms with Gasteiger partial charge in [-0.05, 0) is 92.6 Å². The molecule has 0 saturated carbocycles. The number of aromatic amines is 1. The predicted molar refractivity (Wildman–Crippen MR) is 221 cm³/mol. The molecular weight excluding hydrogens is 717 g/mol. The zero-order valence-corrected chi connectivity index (χ0v) is 33.0. The molecule has 0 spiro atoms. The van der Waals surface area contributed by atoms with Crippen molar-refractivity contribution in [3.63, 3.8) is 0 Å². The summed E-state index contributed by atoms with van der Waals surface area (Å²) in [5, 5.41) is 16.0. The van der Waals surface area contributed by atoms with Crippen molar-refractivity contribution in [3.05, 3.63) is 113 Å². The van der Waals surface area contributed by atoms with E-state index in [0.29, 0.717) is 30.7 Å². The molecule has 0 bridgehead atoms. The Kier molecular flexibility index (Phi) is 10.5. The molecule has 5 aromatic rings. The lowest BCUT2D eigenvalue weighted by atomic mass is 9.90. The Labute approximate surface area is 332 Å². The number of carbonyl (C=O) groups excluding carboxylic acids is 3. The third kappa shape index (κ3) is 8.40. The molecule has 57 heavy (non-hydrogen) atoms. The lowest BCUT2D eigenvalue weighted by Gasteiger charge is -2.36. The topological polar surface area (TPSA) is 151 Å². The summed E-state index contributed by atoms with van der Waals surface area (Å²) in [6, 6.07) is 25.4. The number of hydrogen-bond donors (Lipinski definition) is 5. The van der Waals surface area contributed by atoms with Crippen LogP contribution in [0.3, 0.4) is 0 Å². The van der Waals surface area contributed by atoms with Crippen molar-refractivity contribution in [2.45, 2.75) is 65.0 Å². The molecule has 5 N–H and O–H groups in total. The van der Waals surface area contributed by atoms with E-state index in [4.69, 9.17) is 0 Å². The number of carbonyl (C=O) groups is 3. The summed E-state index contributed by atoms with van der Waals surface area (Å²) >= 11 is 0. The number of nitrogens with one attached hydrogen (secondary N) is 5. The van der Waals surface area contributed by atoms with Gasteiger partial charge in [0.25, 0.3) is 5.91 Å². The van der Waals surface area contributed by atoms with Gasteiger partial charge in [-0.3, -0.25) is 40.1 Å². The Morgan fingerprint density at radius 1 is 0.912 bits per heavy atom. The van der Waals surface area contributed by atoms with Crippen LogP contribution >= 0.6 is 0 Å². The highest BCUT2D eigenvalue weighted by Crippen LogP contribution is 2.32. The number of benzene rings is 3. The van der Waals surface area contributed by atoms with E-state index in [1.54, 1.807) is 6.20 Å². The van der Waals surface area contributed by atoms with Crippen LogP contribution in [0.25, 0.3) is 33.4 Å². The average Bonchev–Trinajstić information content (AvgIpc) is 3.89. The maximum atomic E-state index is 12.8. The highest BCUT2D eigenvalue weighted by Gasteiger charge is 2.28. The van der Waals surface area contributed by atoms with E-state index in [9.17, 15) is 14.4 Å². The number of imide groups is 1. The molecule has 13 nitrogen and oxygen atoms in total. The van der Waals surface area contributed by atoms with Crippen molar-refractivity contribution >= 4 is 34.4 Å². The van der Waals surface area contributed by atoms with Crippen molar-refractivity contribution < 1.29 is 14.4 Å². The largest absolute Gasteiger partial charge is 0.369 e. The first-order valence-corrected chi connectivity index (χ1v) is 19.7. The van der Waals surface area contributed by atoms with Crippen LogP contribution in [0.15, 0.2) is 90.9 Å². The first-order valence-electron chi connectivity index (χ1n) is 19.7. The number of aromatic nitrogens is 3. The lowest BCUT2D eigenvalue weighted by Crippen LogP contribution is -2.47. The quantitative estimate of drug-likeness (QED) is 0.122. The maximum Gasteiger partial charge on any atom is 0.270 e. The average molecular weight is 767 g/mol. The minimum Gasteiger partial charge on any atom is -0.369 e. The van der Waals surface area contributed by atoms with Crippen LogP contribution in [-0.4, -0.2) is 81.1 Å². The summed E-state index contributed by atoms with van der Waals surface area (Å²) in [6.07, 6.45) is 5.59. The van der Waals surface area contributed by atoms with Gasteiger partial charge in [0.15, 0.2) is 5.65 Å². The smallest absolute Gasteiger partial charge is 0.270 e. The molecule has 5 heterocycles. The number of H-pyrrole nitrogens is 1. The highest BCUT2D eigenvalue weighted by atomic mass is 16.2. The molecular formula is C44H50N10O3. The van der Waals surface area contributed by atoms with Crippen LogP contribution in [0, 0.1) is 6.92 Å². The first kappa shape index (κ1) is 37.9. The Hall–Kier alpha value is -6.05. The standard InChI is InChI=1S/C44H50N10O3/c1-28-23-32(9-10-33(28)25-46-43(57)38-27-54(51-48-38)44(2,3)4)40-37-24-34(26-45-41(37)50-49-40)30-11-13-35(14-12-30)53-21-19-52(20-22-53)18-17-29-5-7-31(8-6-29)36-15-16-39(55)47-42(36)56/h5-14,23-24,26-27,36,48,51H,15-22,25H2,1-4H3,(H,46,57)(H,45,49,50)(H,47,55,56). The van der Waals surface area contributed by atoms with E-state index >= 15 is 0 Å². The number of piperazine rings is 1. The summed E-state index contributed by atoms with van der Waals surface area (Å²) in [4.78, 5) is 46.2. The fourth-order valence-electron chi connectivity index (χ4n) is 7.70. The molecule has 3 amide bonds. The van der Waals surface area contributed by atoms with Gasteiger partial charge in [0.2, 0.25) is 11.8 Å². The number of pyridine rings is 1. The van der Waals surface area contributed by atoms with Gasteiger partial charge in [0.05, 0.1) is 11.6 Å². The third-order valence-corrected chi connectivity index (χ3v) is 11.3. The van der Waals surface area contributed by atoms with E-state index in [0.717, 1.165) is 83.6 Å². The number of hydrogen-bond acceptors (Lipinski definition) is 10. The molecule has 2 saturated heterocycles. The zero-order valence-electron chi connectivity index (χ0n) is 33.0. The van der Waals surface area contributed by atoms with Gasteiger partial charge >= 0.3 is 0 Å². The van der Waals surface area contributed by atoms with Crippen LogP contribution in [0.1, 0.15) is 61.8 Å². The normalized spacial score (nSPS) is 17.8. The molecule has 0 aliphatic carbocycles. The summed E-state index contributed by atoms with van der Waals surface area (Å²) in [5.74, 6) is -0.785. The predicted octanol–water partition coefficient (Wildman–Crippen LogP) is 5.07. The van der Waals surface area contributed by atoms with Crippen molar-refractivity contribution in [3.8, 4) is 22.4 Å². The van der Waals surface area contributed by atoms with Crippen molar-refractivity contribution in [1.82, 2.24) is 46.7 Å². The van der Waals surface area contributed by atoms with Gasteiger partial charge in [-0.25, -0.2) is 4.98 Å². The van der Waals surface area contributed by atoms with Gasteiger partial charge in [0, 0.05) is 85.8 Å². The number of fused-ring (bicyclic) bond motifs is 1. The monoisotopic (exact) mass is 766 g/mol. The number of hydrazine groups is 2. The fourth-order valence-corrected chi connectivity index (χ4v) is 7.70. The van der Waals surface area contributed by atoms with Crippen LogP contribution in [0.5, 0.6) is 0 Å². The summed E-state index contributed by atoms with van der Waals surface area (Å²) < 4.78 is 0. The Morgan fingerprint density at radius 3 is 2.37 bits per heavy atom. The SMILES string of the molecule is Cc1cc(-c2[nH]nc3ncc(-c4ccc(N5CCN(CCc6ccc(C7CCC(=O)NC7=O)cc6)CC5)cc4)cc23)ccc1CNC(=O)C1=CN(C(C)(C)C)NN1. The molecule has 294 valence electrons. The van der Waals surface area contributed by atoms with Gasteiger partial charge in [-0.2, -0.15) is 5.10 Å². The minimum atomic E-state index is -0.241. The zero-order chi connectivity index (χ0) is 39.7. The Morgan fingerprint density at radius 2 is 1.67 bits per heavy atom. The molecule has 1 atom stereocenters. The van der Waals surface area contributed by atoms with Crippen LogP contribution in [0.4, 0.5) is 5.69 Å². The number of amides is 3. The Bertz CT molecular complexity index is 2320. The van der Waals surface area contributed by atoms with Crippen molar-refractivity contribution in [1.29, 1.82) is 0 Å². The molecule has 8 rings (SSSR count). The number of rotatable bonds is 10. The molecule has 0 radical (unpaired) electrons. The second-order valence-corrected chi connectivity index (χ2v) is 16.2. The molecule has 3 aromatic carbocycles. The van der Waals surface area contributed by atoms with Crippen LogP contribution in [0.2, 0.25) is 0 Å². The number of piperidine rings is 1. The second-order valence-electron chi connectivity index (χ2n) is 16.2. The van der Waals surface area contributed by atoms with Crippen LogP contribution in [-0.2, 0) is 27.3 Å². The molecule has 3 aliphatic heterocycles. The lowest BCUT2D eigenvalue weighted by molar-refractivity contribution is -0.134. The van der Waals surface area contributed by atoms with E-state index in [1.165, 1.54) is 11.3 Å². The fraction of sp³-hybridized carbons (Fsp3) is 0.341. The van der Waals surface area contributed by atoms with E-state index < -0.39 is 0 Å². The van der Waals surface area contributed by atoms with Gasteiger partial charge < -0.3 is 10.2 Å². The Balaban J connectivity index is 0.850. The molecule has 3 aliphatic rings. The van der Waals surface area contributed by atoms with Crippen LogP contribution < -0.4 is 26.5 Å². The van der Waals surface area contributed by atoms with E-state index in [-0.39, 0.29) is 29.2 Å². The van der Waals surface area contributed by atoms with Gasteiger partial charge in [0.1, 0.15) is 5.70 Å². The number of anilines is 1. The third-order valence-electron chi connectivity index (χ3n) is 11.3. The first-order chi connectivity index (χ1) is 27.5. The molecule has 1 unspecified atom stereocenters. The maximum absolute atomic E-state index is 12.8.